The number of nitrogens with zero attached hydrogens (tertiary/aromatic N) is 2. The van der Waals surface area contributed by atoms with Gasteiger partial charge in [-0.05, 0) is 58.5 Å². The molecule has 2 aromatic rings. The molecule has 1 aliphatic carbocycles. The topological polar surface area (TPSA) is 54.6 Å². The van der Waals surface area contributed by atoms with Crippen LogP contribution in [-0.4, -0.2) is 20.7 Å². The quantitative estimate of drug-likeness (QED) is 0.861. The highest BCUT2D eigenvalue weighted by atomic mass is 79.9. The maximum atomic E-state index is 10.8. The van der Waals surface area contributed by atoms with Crippen LogP contribution in [0.2, 0.25) is 0 Å². The first kappa shape index (κ1) is 9.84. The number of carboxylic acids is 1. The minimum absolute atomic E-state index is 0.0775. The van der Waals surface area contributed by atoms with Gasteiger partial charge in [-0.2, -0.15) is 5.10 Å². The van der Waals surface area contributed by atoms with Gasteiger partial charge in [0, 0.05) is 0 Å². The van der Waals surface area contributed by atoms with Crippen LogP contribution in [0.4, 0.5) is 0 Å². The predicted octanol–water partition coefficient (Wildman–Crippen LogP) is 2.67. The molecule has 0 aliphatic heterocycles. The molecule has 0 spiro atoms. The van der Waals surface area contributed by atoms with Crippen molar-refractivity contribution in [2.75, 3.05) is 0 Å². The second kappa shape index (κ2) is 3.31. The molecule has 82 valence electrons. The van der Waals surface area contributed by atoms with Crippen LogP contribution in [-0.2, 0) is 0 Å². The van der Waals surface area contributed by atoms with E-state index in [9.17, 15) is 4.79 Å². The van der Waals surface area contributed by atoms with E-state index in [-0.39, 0.29) is 5.69 Å². The molecule has 2 aromatic heterocycles. The van der Waals surface area contributed by atoms with E-state index < -0.39 is 5.97 Å². The van der Waals surface area contributed by atoms with Gasteiger partial charge in [-0.1, -0.05) is 0 Å². The van der Waals surface area contributed by atoms with Crippen molar-refractivity contribution in [1.82, 2.24) is 9.61 Å². The van der Waals surface area contributed by atoms with Crippen molar-refractivity contribution >= 4 is 27.4 Å². The summed E-state index contributed by atoms with van der Waals surface area (Å²) in [5, 5.41) is 12.9. The minimum atomic E-state index is -0.997. The molecule has 1 saturated carbocycles. The van der Waals surface area contributed by atoms with Crippen LogP contribution >= 0.6 is 15.9 Å². The number of fused-ring (bicyclic) bond motifs is 1. The molecule has 0 amide bonds. The maximum absolute atomic E-state index is 10.8. The SMILES string of the molecule is O=C(O)c1cc2cc(C3CC3)cc(Br)n2n1. The lowest BCUT2D eigenvalue weighted by molar-refractivity contribution is 0.0690. The first-order valence-corrected chi connectivity index (χ1v) is 5.87. The number of aromatic carboxylic acids is 1. The van der Waals surface area contributed by atoms with Crippen LogP contribution in [0.15, 0.2) is 22.8 Å². The predicted molar refractivity (Wildman–Crippen MR) is 61.8 cm³/mol. The third-order valence-electron chi connectivity index (χ3n) is 2.81. The van der Waals surface area contributed by atoms with Crippen molar-refractivity contribution in [3.05, 3.63) is 34.1 Å². The lowest BCUT2D eigenvalue weighted by Gasteiger charge is -2.01. The van der Waals surface area contributed by atoms with Gasteiger partial charge in [-0.15, -0.1) is 0 Å². The van der Waals surface area contributed by atoms with E-state index in [2.05, 4.69) is 21.0 Å². The average molecular weight is 281 g/mol. The van der Waals surface area contributed by atoms with Crippen LogP contribution in [0.5, 0.6) is 0 Å². The van der Waals surface area contributed by atoms with Gasteiger partial charge < -0.3 is 5.11 Å². The third-order valence-corrected chi connectivity index (χ3v) is 3.37. The summed E-state index contributed by atoms with van der Waals surface area (Å²) in [6.45, 7) is 0. The Labute approximate surface area is 100 Å². The first-order valence-electron chi connectivity index (χ1n) is 5.07. The second-order valence-corrected chi connectivity index (χ2v) is 4.87. The molecular formula is C11H9BrN2O2. The number of carboxylic acid groups (broad SMARTS) is 1. The zero-order valence-electron chi connectivity index (χ0n) is 8.35. The van der Waals surface area contributed by atoms with Crippen molar-refractivity contribution in [1.29, 1.82) is 0 Å². The Balaban J connectivity index is 2.21. The Bertz CT molecular complexity index is 587. The van der Waals surface area contributed by atoms with Crippen LogP contribution in [0.25, 0.3) is 5.52 Å². The van der Waals surface area contributed by atoms with Gasteiger partial charge in [0.25, 0.3) is 0 Å². The molecular weight excluding hydrogens is 272 g/mol. The summed E-state index contributed by atoms with van der Waals surface area (Å²) in [6.07, 6.45) is 2.45. The molecule has 0 saturated heterocycles. The highest BCUT2D eigenvalue weighted by Crippen LogP contribution is 2.41. The molecule has 3 rings (SSSR count). The number of hydrogen-bond acceptors (Lipinski definition) is 2. The standard InChI is InChI=1S/C11H9BrN2O2/c12-10-4-7(6-1-2-6)3-8-5-9(11(15)16)13-14(8)10/h3-6H,1-2H2,(H,15,16). The molecule has 0 atom stereocenters. The van der Waals surface area contributed by atoms with E-state index in [0.717, 1.165) is 10.1 Å². The van der Waals surface area contributed by atoms with Crippen LogP contribution in [0.1, 0.15) is 34.8 Å². The van der Waals surface area contributed by atoms with Crippen molar-refractivity contribution in [3.8, 4) is 0 Å². The third kappa shape index (κ3) is 1.51. The van der Waals surface area contributed by atoms with Gasteiger partial charge >= 0.3 is 5.97 Å². The fourth-order valence-corrected chi connectivity index (χ4v) is 2.39. The maximum Gasteiger partial charge on any atom is 0.356 e. The normalized spacial score (nSPS) is 15.6. The van der Waals surface area contributed by atoms with E-state index in [1.807, 2.05) is 12.1 Å². The number of hydrogen-bond donors (Lipinski definition) is 1. The number of aromatic nitrogens is 2. The molecule has 0 radical (unpaired) electrons. The second-order valence-electron chi connectivity index (χ2n) is 4.06. The summed E-state index contributed by atoms with van der Waals surface area (Å²) < 4.78 is 2.41. The highest BCUT2D eigenvalue weighted by Gasteiger charge is 2.24. The van der Waals surface area contributed by atoms with Gasteiger partial charge in [0.05, 0.1) is 5.52 Å². The lowest BCUT2D eigenvalue weighted by Crippen LogP contribution is -1.98. The van der Waals surface area contributed by atoms with E-state index in [4.69, 9.17) is 5.11 Å². The average Bonchev–Trinajstić information content (AvgIpc) is 2.97. The summed E-state index contributed by atoms with van der Waals surface area (Å²) in [6, 6.07) is 5.63. The Morgan fingerprint density at radius 2 is 2.19 bits per heavy atom. The lowest BCUT2D eigenvalue weighted by atomic mass is 10.1. The number of carbonyl (C=O) groups is 1. The molecule has 1 aliphatic rings. The molecule has 16 heavy (non-hydrogen) atoms. The Morgan fingerprint density at radius 3 is 2.81 bits per heavy atom. The summed E-state index contributed by atoms with van der Waals surface area (Å²) in [7, 11) is 0. The molecule has 1 fully saturated rings. The van der Waals surface area contributed by atoms with Crippen LogP contribution in [0, 0.1) is 0 Å². The van der Waals surface area contributed by atoms with Gasteiger partial charge in [0.15, 0.2) is 5.69 Å². The largest absolute Gasteiger partial charge is 0.476 e. The summed E-state index contributed by atoms with van der Waals surface area (Å²) >= 11 is 3.41. The molecule has 1 N–H and O–H groups in total. The molecule has 2 heterocycles. The van der Waals surface area contributed by atoms with Crippen LogP contribution < -0.4 is 0 Å². The Morgan fingerprint density at radius 1 is 1.44 bits per heavy atom. The molecule has 0 aromatic carbocycles. The van der Waals surface area contributed by atoms with Gasteiger partial charge in [0.1, 0.15) is 4.60 Å². The van der Waals surface area contributed by atoms with Crippen molar-refractivity contribution in [2.24, 2.45) is 0 Å². The number of pyridine rings is 1. The van der Waals surface area contributed by atoms with Gasteiger partial charge in [0.2, 0.25) is 0 Å². The zero-order valence-corrected chi connectivity index (χ0v) is 9.94. The fourth-order valence-electron chi connectivity index (χ4n) is 1.84. The van der Waals surface area contributed by atoms with E-state index in [1.165, 1.54) is 18.4 Å². The molecule has 5 heteroatoms. The highest BCUT2D eigenvalue weighted by molar-refractivity contribution is 9.10. The monoisotopic (exact) mass is 280 g/mol. The molecule has 0 unspecified atom stereocenters. The smallest absolute Gasteiger partial charge is 0.356 e. The number of rotatable bonds is 2. The van der Waals surface area contributed by atoms with Crippen molar-refractivity contribution in [3.63, 3.8) is 0 Å². The summed E-state index contributed by atoms with van der Waals surface area (Å²) in [4.78, 5) is 10.8. The number of halogens is 1. The molecule has 4 nitrogen and oxygen atoms in total. The van der Waals surface area contributed by atoms with Crippen molar-refractivity contribution < 1.29 is 9.90 Å². The fraction of sp³-hybridized carbons (Fsp3) is 0.273. The molecule has 0 bridgehead atoms. The Kier molecular flexibility index (Phi) is 2.04. The van der Waals surface area contributed by atoms with E-state index in [1.54, 1.807) is 10.6 Å². The van der Waals surface area contributed by atoms with E-state index >= 15 is 0 Å². The van der Waals surface area contributed by atoms with Gasteiger partial charge in [-0.3, -0.25) is 0 Å². The van der Waals surface area contributed by atoms with E-state index in [0.29, 0.717) is 5.92 Å². The zero-order chi connectivity index (χ0) is 11.3. The van der Waals surface area contributed by atoms with Crippen LogP contribution in [0.3, 0.4) is 0 Å². The summed E-state index contributed by atoms with van der Waals surface area (Å²) in [5.41, 5.74) is 2.17. The summed E-state index contributed by atoms with van der Waals surface area (Å²) in [5.74, 6) is -0.354. The van der Waals surface area contributed by atoms with Gasteiger partial charge in [-0.25, -0.2) is 9.31 Å². The van der Waals surface area contributed by atoms with Crippen molar-refractivity contribution in [2.45, 2.75) is 18.8 Å². The minimum Gasteiger partial charge on any atom is -0.476 e. The Hall–Kier alpha value is -1.36. The first-order chi connectivity index (χ1) is 7.65.